The lowest BCUT2D eigenvalue weighted by Gasteiger charge is -2.33. The van der Waals surface area contributed by atoms with Crippen LogP contribution < -0.4 is 10.2 Å². The summed E-state index contributed by atoms with van der Waals surface area (Å²) in [5.41, 5.74) is 1.69. The van der Waals surface area contributed by atoms with E-state index in [4.69, 9.17) is 0 Å². The van der Waals surface area contributed by atoms with Crippen molar-refractivity contribution in [3.8, 4) is 0 Å². The average Bonchev–Trinajstić information content (AvgIpc) is 3.16. The van der Waals surface area contributed by atoms with Gasteiger partial charge in [0.15, 0.2) is 5.65 Å². The minimum Gasteiger partial charge on any atom is -0.356 e. The predicted octanol–water partition coefficient (Wildman–Crippen LogP) is 2.40. The highest BCUT2D eigenvalue weighted by Gasteiger charge is 2.27. The maximum Gasteiger partial charge on any atom is 0.225 e. The van der Waals surface area contributed by atoms with Gasteiger partial charge in [0.2, 0.25) is 5.91 Å². The van der Waals surface area contributed by atoms with Crippen LogP contribution in [0.1, 0.15) is 18.4 Å². The van der Waals surface area contributed by atoms with E-state index in [2.05, 4.69) is 20.3 Å². The van der Waals surface area contributed by atoms with Crippen LogP contribution in [0.2, 0.25) is 0 Å². The maximum absolute atomic E-state index is 13.0. The summed E-state index contributed by atoms with van der Waals surface area (Å²) in [6.07, 6.45) is 5.30. The summed E-state index contributed by atoms with van der Waals surface area (Å²) in [5, 5.41) is 7.30. The smallest absolute Gasteiger partial charge is 0.225 e. The molecule has 3 heterocycles. The van der Waals surface area contributed by atoms with Crippen molar-refractivity contribution >= 4 is 17.4 Å². The van der Waals surface area contributed by atoms with Gasteiger partial charge >= 0.3 is 0 Å². The molecule has 4 rings (SSSR count). The lowest BCUT2D eigenvalue weighted by atomic mass is 9.97. The van der Waals surface area contributed by atoms with Crippen LogP contribution in [-0.4, -0.2) is 33.6 Å². The van der Waals surface area contributed by atoms with Crippen LogP contribution in [0.25, 0.3) is 5.65 Å². The summed E-state index contributed by atoms with van der Waals surface area (Å²) in [5.74, 6) is 0.633. The van der Waals surface area contributed by atoms with E-state index in [0.717, 1.165) is 36.4 Å². The number of carbonyl (C=O) groups excluding carboxylic acids is 1. The zero-order chi connectivity index (χ0) is 17.9. The monoisotopic (exact) mass is 353 g/mol. The minimum atomic E-state index is -0.273. The fraction of sp³-hybridized carbons (Fsp3) is 0.316. The number of rotatable bonds is 4. The molecule has 1 aliphatic rings. The standard InChI is InChI=1S/C19H20FN5O/c20-16-5-3-14(4-6-16)12-22-19(26)15-2-1-11-24(13-15)18-8-9-21-17-7-10-23-25(17)18/h3-10,15H,1-2,11-13H2,(H,22,26). The van der Waals surface area contributed by atoms with E-state index in [9.17, 15) is 9.18 Å². The van der Waals surface area contributed by atoms with Gasteiger partial charge in [0.05, 0.1) is 12.1 Å². The summed E-state index contributed by atoms with van der Waals surface area (Å²) in [6, 6.07) is 9.98. The Hall–Kier alpha value is -2.96. The van der Waals surface area contributed by atoms with Gasteiger partial charge in [-0.2, -0.15) is 9.61 Å². The van der Waals surface area contributed by atoms with Gasteiger partial charge in [-0.15, -0.1) is 0 Å². The molecule has 0 bridgehead atoms. The molecule has 1 aliphatic heterocycles. The van der Waals surface area contributed by atoms with Gasteiger partial charge in [-0.3, -0.25) is 4.79 Å². The lowest BCUT2D eigenvalue weighted by molar-refractivity contribution is -0.125. The number of anilines is 1. The van der Waals surface area contributed by atoms with Crippen molar-refractivity contribution < 1.29 is 9.18 Å². The molecule has 0 saturated carbocycles. The van der Waals surface area contributed by atoms with Crippen LogP contribution in [0, 0.1) is 11.7 Å². The number of hydrogen-bond donors (Lipinski definition) is 1. The highest BCUT2D eigenvalue weighted by Crippen LogP contribution is 2.23. The van der Waals surface area contributed by atoms with E-state index < -0.39 is 0 Å². The predicted molar refractivity (Wildman–Crippen MR) is 96.2 cm³/mol. The molecule has 2 aromatic heterocycles. The van der Waals surface area contributed by atoms with Gasteiger partial charge in [0.1, 0.15) is 11.6 Å². The number of carbonyl (C=O) groups is 1. The molecule has 3 aromatic rings. The van der Waals surface area contributed by atoms with Crippen LogP contribution in [-0.2, 0) is 11.3 Å². The molecule has 1 aromatic carbocycles. The third kappa shape index (κ3) is 3.37. The first-order valence-corrected chi connectivity index (χ1v) is 8.76. The summed E-state index contributed by atoms with van der Waals surface area (Å²) >= 11 is 0. The van der Waals surface area contributed by atoms with E-state index in [1.165, 1.54) is 12.1 Å². The minimum absolute atomic E-state index is 0.0322. The van der Waals surface area contributed by atoms with Gasteiger partial charge in [-0.1, -0.05) is 12.1 Å². The Balaban J connectivity index is 1.42. The highest BCUT2D eigenvalue weighted by atomic mass is 19.1. The van der Waals surface area contributed by atoms with Crippen LogP contribution in [0.3, 0.4) is 0 Å². The number of halogens is 1. The quantitative estimate of drug-likeness (QED) is 0.782. The molecule has 1 atom stereocenters. The van der Waals surface area contributed by atoms with Crippen LogP contribution in [0.4, 0.5) is 10.2 Å². The maximum atomic E-state index is 13.0. The fourth-order valence-corrected chi connectivity index (χ4v) is 3.40. The van der Waals surface area contributed by atoms with E-state index in [0.29, 0.717) is 13.1 Å². The molecule has 1 amide bonds. The zero-order valence-corrected chi connectivity index (χ0v) is 14.3. The number of amides is 1. The number of piperidine rings is 1. The molecule has 0 aliphatic carbocycles. The first-order chi connectivity index (χ1) is 12.7. The van der Waals surface area contributed by atoms with Crippen LogP contribution >= 0.6 is 0 Å². The molecule has 0 spiro atoms. The van der Waals surface area contributed by atoms with Crippen molar-refractivity contribution in [1.29, 1.82) is 0 Å². The summed E-state index contributed by atoms with van der Waals surface area (Å²) in [4.78, 5) is 19.1. The Bertz CT molecular complexity index is 908. The van der Waals surface area contributed by atoms with E-state index in [1.807, 2.05) is 12.1 Å². The van der Waals surface area contributed by atoms with E-state index in [-0.39, 0.29) is 17.6 Å². The normalized spacial score (nSPS) is 17.4. The van der Waals surface area contributed by atoms with Crippen molar-refractivity contribution in [1.82, 2.24) is 19.9 Å². The van der Waals surface area contributed by atoms with Gasteiger partial charge < -0.3 is 10.2 Å². The van der Waals surface area contributed by atoms with Crippen molar-refractivity contribution in [2.24, 2.45) is 5.92 Å². The molecular formula is C19H20FN5O. The Kier molecular flexibility index (Phi) is 4.51. The second-order valence-corrected chi connectivity index (χ2v) is 6.53. The Morgan fingerprint density at radius 1 is 1.19 bits per heavy atom. The lowest BCUT2D eigenvalue weighted by Crippen LogP contribution is -2.43. The molecule has 26 heavy (non-hydrogen) atoms. The average molecular weight is 353 g/mol. The van der Waals surface area contributed by atoms with Gasteiger partial charge in [-0.25, -0.2) is 9.37 Å². The highest BCUT2D eigenvalue weighted by molar-refractivity contribution is 5.79. The van der Waals surface area contributed by atoms with Crippen LogP contribution in [0.5, 0.6) is 0 Å². The number of benzene rings is 1. The first-order valence-electron chi connectivity index (χ1n) is 8.76. The molecule has 0 radical (unpaired) electrons. The third-order valence-electron chi connectivity index (χ3n) is 4.77. The number of hydrogen-bond acceptors (Lipinski definition) is 4. The molecule has 1 fully saturated rings. The Labute approximate surface area is 150 Å². The first kappa shape index (κ1) is 16.5. The van der Waals surface area contributed by atoms with E-state index in [1.54, 1.807) is 29.0 Å². The van der Waals surface area contributed by atoms with Crippen molar-refractivity contribution in [2.75, 3.05) is 18.0 Å². The van der Waals surface area contributed by atoms with Crippen LogP contribution in [0.15, 0.2) is 48.8 Å². The second-order valence-electron chi connectivity index (χ2n) is 6.53. The fourth-order valence-electron chi connectivity index (χ4n) is 3.40. The van der Waals surface area contributed by atoms with Crippen molar-refractivity contribution in [2.45, 2.75) is 19.4 Å². The largest absolute Gasteiger partial charge is 0.356 e. The van der Waals surface area contributed by atoms with Crippen molar-refractivity contribution in [3.63, 3.8) is 0 Å². The third-order valence-corrected chi connectivity index (χ3v) is 4.77. The number of fused-ring (bicyclic) bond motifs is 1. The second kappa shape index (κ2) is 7.11. The summed E-state index contributed by atoms with van der Waals surface area (Å²) < 4.78 is 14.8. The SMILES string of the molecule is O=C(NCc1ccc(F)cc1)C1CCCN(c2ccnc3ccnn23)C1. The summed E-state index contributed by atoms with van der Waals surface area (Å²) in [6.45, 7) is 1.95. The number of nitrogens with one attached hydrogen (secondary N) is 1. The van der Waals surface area contributed by atoms with Gasteiger partial charge in [-0.05, 0) is 36.6 Å². The molecule has 6 nitrogen and oxygen atoms in total. The number of aromatic nitrogens is 3. The molecule has 7 heteroatoms. The summed E-state index contributed by atoms with van der Waals surface area (Å²) in [7, 11) is 0. The molecule has 1 saturated heterocycles. The molecule has 1 N–H and O–H groups in total. The molecule has 134 valence electrons. The topological polar surface area (TPSA) is 62.5 Å². The molecule has 1 unspecified atom stereocenters. The van der Waals surface area contributed by atoms with Gasteiger partial charge in [0, 0.05) is 31.9 Å². The zero-order valence-electron chi connectivity index (χ0n) is 14.3. The van der Waals surface area contributed by atoms with Gasteiger partial charge in [0.25, 0.3) is 0 Å². The van der Waals surface area contributed by atoms with E-state index >= 15 is 0 Å². The van der Waals surface area contributed by atoms with Crippen molar-refractivity contribution in [3.05, 3.63) is 60.2 Å². The Morgan fingerprint density at radius 3 is 2.88 bits per heavy atom. The Morgan fingerprint density at radius 2 is 2.04 bits per heavy atom. The number of nitrogens with zero attached hydrogens (tertiary/aromatic N) is 4. The molecular weight excluding hydrogens is 333 g/mol.